The highest BCUT2D eigenvalue weighted by atomic mass is 16.7. The molecule has 1 aliphatic heterocycles. The Balaban J connectivity index is 1.03. The Morgan fingerprint density at radius 2 is 1.84 bits per heavy atom. The summed E-state index contributed by atoms with van der Waals surface area (Å²) in [5.41, 5.74) is 3.07. The molecule has 0 aliphatic carbocycles. The summed E-state index contributed by atoms with van der Waals surface area (Å²) in [5, 5.41) is 11.5. The van der Waals surface area contributed by atoms with Gasteiger partial charge in [0, 0.05) is 24.0 Å². The average Bonchev–Trinajstić information content (AvgIpc) is 2.93. The van der Waals surface area contributed by atoms with Gasteiger partial charge < -0.3 is 19.0 Å². The molecule has 1 fully saturated rings. The van der Waals surface area contributed by atoms with Crippen molar-refractivity contribution < 1.29 is 23.8 Å². The van der Waals surface area contributed by atoms with Crippen molar-refractivity contribution >= 4 is 11.9 Å². The highest BCUT2D eigenvalue weighted by Crippen LogP contribution is 2.25. The molecule has 0 radical (unpaired) electrons. The summed E-state index contributed by atoms with van der Waals surface area (Å²) >= 11 is 0. The van der Waals surface area contributed by atoms with E-state index in [-0.39, 0.29) is 6.10 Å². The van der Waals surface area contributed by atoms with Crippen LogP contribution in [0.1, 0.15) is 5.56 Å². The minimum Gasteiger partial charge on any atom is -0.491 e. The predicted molar refractivity (Wildman–Crippen MR) is 139 cm³/mol. The highest BCUT2D eigenvalue weighted by molar-refractivity contribution is 5.82. The number of ether oxygens (including phenoxy) is 3. The van der Waals surface area contributed by atoms with E-state index in [4.69, 9.17) is 19.0 Å². The topological polar surface area (TPSA) is 108 Å². The van der Waals surface area contributed by atoms with Gasteiger partial charge in [-0.3, -0.25) is 5.32 Å². The molecule has 0 saturated carbocycles. The average molecular weight is 514 g/mol. The molecule has 1 saturated heterocycles. The van der Waals surface area contributed by atoms with Crippen molar-refractivity contribution in [3.63, 3.8) is 0 Å². The van der Waals surface area contributed by atoms with Crippen molar-refractivity contribution in [2.75, 3.05) is 31.6 Å². The van der Waals surface area contributed by atoms with Gasteiger partial charge in [0.2, 0.25) is 5.88 Å². The number of benzene rings is 2. The van der Waals surface area contributed by atoms with Crippen LogP contribution in [-0.4, -0.2) is 58.7 Å². The number of hydroxylamine groups is 2. The maximum Gasteiger partial charge on any atom is 0.432 e. The molecule has 194 valence electrons. The molecule has 3 heterocycles. The Hall–Kier alpha value is -4.54. The Labute approximate surface area is 220 Å². The third-order valence-electron chi connectivity index (χ3n) is 5.63. The molecule has 38 heavy (non-hydrogen) atoms. The van der Waals surface area contributed by atoms with Crippen molar-refractivity contribution in [2.45, 2.75) is 12.7 Å². The van der Waals surface area contributed by atoms with Crippen LogP contribution in [-0.2, 0) is 16.2 Å². The molecular weight excluding hydrogens is 486 g/mol. The number of rotatable bonds is 11. The number of carbonyl (C=O) groups excluding carboxylic acids is 1. The fraction of sp³-hybridized carbons (Fsp3) is 0.214. The Morgan fingerprint density at radius 1 is 0.947 bits per heavy atom. The van der Waals surface area contributed by atoms with E-state index in [2.05, 4.69) is 20.5 Å². The van der Waals surface area contributed by atoms with Gasteiger partial charge in [0.15, 0.2) is 5.82 Å². The second kappa shape index (κ2) is 12.6. The lowest BCUT2D eigenvalue weighted by Crippen LogP contribution is -2.54. The first kappa shape index (κ1) is 25.1. The Kier molecular flexibility index (Phi) is 8.34. The molecule has 10 nitrogen and oxygen atoms in total. The van der Waals surface area contributed by atoms with Crippen molar-refractivity contribution in [2.24, 2.45) is 0 Å². The molecule has 5 rings (SSSR count). The van der Waals surface area contributed by atoms with Crippen LogP contribution in [0.2, 0.25) is 0 Å². The van der Waals surface area contributed by atoms with Crippen LogP contribution in [0.5, 0.6) is 11.6 Å². The highest BCUT2D eigenvalue weighted by Gasteiger charge is 2.32. The van der Waals surface area contributed by atoms with E-state index in [1.807, 2.05) is 66.7 Å². The fourth-order valence-corrected chi connectivity index (χ4v) is 3.70. The first-order valence-electron chi connectivity index (χ1n) is 12.2. The van der Waals surface area contributed by atoms with Crippen molar-refractivity contribution in [3.8, 4) is 22.8 Å². The first-order valence-corrected chi connectivity index (χ1v) is 12.2. The Bertz CT molecular complexity index is 1300. The number of aromatic nitrogens is 3. The third-order valence-corrected chi connectivity index (χ3v) is 5.63. The largest absolute Gasteiger partial charge is 0.491 e. The van der Waals surface area contributed by atoms with Crippen LogP contribution < -0.4 is 14.8 Å². The number of hydrogen-bond acceptors (Lipinski definition) is 9. The van der Waals surface area contributed by atoms with Gasteiger partial charge >= 0.3 is 6.09 Å². The number of anilines is 1. The lowest BCUT2D eigenvalue weighted by molar-refractivity contribution is -0.181. The number of pyridine rings is 1. The van der Waals surface area contributed by atoms with Crippen LogP contribution in [0.25, 0.3) is 11.1 Å². The molecule has 1 N–H and O–H groups in total. The molecule has 4 aromatic rings. The van der Waals surface area contributed by atoms with Gasteiger partial charge in [-0.1, -0.05) is 42.5 Å². The van der Waals surface area contributed by atoms with Crippen LogP contribution in [0.4, 0.5) is 10.6 Å². The van der Waals surface area contributed by atoms with E-state index in [9.17, 15) is 4.79 Å². The lowest BCUT2D eigenvalue weighted by atomic mass is 10.1. The molecule has 10 heteroatoms. The van der Waals surface area contributed by atoms with E-state index < -0.39 is 6.09 Å². The summed E-state index contributed by atoms with van der Waals surface area (Å²) < 4.78 is 17.4. The van der Waals surface area contributed by atoms with Gasteiger partial charge in [-0.2, -0.15) is 5.10 Å². The number of amides is 1. The normalized spacial score (nSPS) is 13.4. The zero-order chi connectivity index (χ0) is 26.0. The number of carbonyl (C=O) groups is 1. The summed E-state index contributed by atoms with van der Waals surface area (Å²) in [6.07, 6.45) is 2.53. The molecule has 0 bridgehead atoms. The molecule has 2 aromatic carbocycles. The van der Waals surface area contributed by atoms with E-state index in [1.165, 1.54) is 11.3 Å². The molecule has 0 atom stereocenters. The van der Waals surface area contributed by atoms with Crippen LogP contribution in [0.3, 0.4) is 0 Å². The van der Waals surface area contributed by atoms with Gasteiger partial charge in [-0.25, -0.2) is 9.78 Å². The number of nitrogens with zero attached hydrogens (tertiary/aromatic N) is 4. The smallest absolute Gasteiger partial charge is 0.432 e. The predicted octanol–water partition coefficient (Wildman–Crippen LogP) is 4.36. The zero-order valence-electron chi connectivity index (χ0n) is 20.6. The van der Waals surface area contributed by atoms with Crippen LogP contribution in [0.15, 0.2) is 91.3 Å². The zero-order valence-corrected chi connectivity index (χ0v) is 20.6. The third kappa shape index (κ3) is 7.25. The summed E-state index contributed by atoms with van der Waals surface area (Å²) in [4.78, 5) is 21.5. The van der Waals surface area contributed by atoms with Gasteiger partial charge in [0.25, 0.3) is 0 Å². The summed E-state index contributed by atoms with van der Waals surface area (Å²) in [6, 6.07) is 25.0. The quantitative estimate of drug-likeness (QED) is 0.293. The molecule has 1 amide bonds. The van der Waals surface area contributed by atoms with Gasteiger partial charge in [0.1, 0.15) is 18.5 Å². The van der Waals surface area contributed by atoms with Crippen LogP contribution >= 0.6 is 0 Å². The molecule has 0 unspecified atom stereocenters. The molecular formula is C28H27N5O5. The summed E-state index contributed by atoms with van der Waals surface area (Å²) in [6.45, 7) is 2.40. The lowest BCUT2D eigenvalue weighted by Gasteiger charge is -2.36. The first-order chi connectivity index (χ1) is 18.7. The molecule has 0 spiro atoms. The molecule has 1 aliphatic rings. The van der Waals surface area contributed by atoms with E-state index in [0.29, 0.717) is 44.6 Å². The maximum atomic E-state index is 11.9. The van der Waals surface area contributed by atoms with E-state index in [0.717, 1.165) is 22.4 Å². The summed E-state index contributed by atoms with van der Waals surface area (Å²) in [5.74, 6) is 1.59. The standard InChI is InChI=1S/C28H27N5O5/c34-28(31-26-10-5-13-30-32-26)38-33-18-25(19-33)37-27-12-11-23(17-29-27)22-8-4-9-24(16-22)36-15-14-35-20-21-6-2-1-3-7-21/h1-13,16-17,25H,14-15,18-20H2,(H,31,32,34). The number of hydrogen-bond donors (Lipinski definition) is 1. The minimum absolute atomic E-state index is 0.126. The fourth-order valence-electron chi connectivity index (χ4n) is 3.70. The van der Waals surface area contributed by atoms with Crippen molar-refractivity contribution in [1.29, 1.82) is 0 Å². The van der Waals surface area contributed by atoms with Gasteiger partial charge in [-0.15, -0.1) is 10.2 Å². The summed E-state index contributed by atoms with van der Waals surface area (Å²) in [7, 11) is 0. The van der Waals surface area contributed by atoms with Crippen molar-refractivity contribution in [3.05, 3.63) is 96.8 Å². The molecule has 2 aromatic heterocycles. The van der Waals surface area contributed by atoms with Gasteiger partial charge in [-0.05, 0) is 41.5 Å². The maximum absolute atomic E-state index is 11.9. The second-order valence-corrected chi connectivity index (χ2v) is 8.50. The van der Waals surface area contributed by atoms with E-state index >= 15 is 0 Å². The van der Waals surface area contributed by atoms with E-state index in [1.54, 1.807) is 18.3 Å². The Morgan fingerprint density at radius 3 is 2.63 bits per heavy atom. The van der Waals surface area contributed by atoms with Crippen LogP contribution in [0, 0.1) is 0 Å². The monoisotopic (exact) mass is 513 g/mol. The van der Waals surface area contributed by atoms with Crippen molar-refractivity contribution in [1.82, 2.24) is 20.2 Å². The SMILES string of the molecule is O=C(Nc1cccnn1)ON1CC(Oc2ccc(-c3cccc(OCCOCc4ccccc4)c3)cn2)C1. The number of nitrogens with one attached hydrogen (secondary N) is 1. The van der Waals surface area contributed by atoms with Gasteiger partial charge in [0.05, 0.1) is 26.3 Å². The minimum atomic E-state index is -0.627. The second-order valence-electron chi connectivity index (χ2n) is 8.50.